The van der Waals surface area contributed by atoms with E-state index in [1.807, 2.05) is 0 Å². The summed E-state index contributed by atoms with van der Waals surface area (Å²) in [5.74, 6) is -0.0899. The lowest BCUT2D eigenvalue weighted by Crippen LogP contribution is -2.49. The van der Waals surface area contributed by atoms with Crippen molar-refractivity contribution in [3.8, 4) is 5.75 Å². The van der Waals surface area contributed by atoms with Gasteiger partial charge in [-0.3, -0.25) is 14.6 Å². The van der Waals surface area contributed by atoms with E-state index in [-0.39, 0.29) is 31.4 Å². The number of nitrogens with one attached hydrogen (secondary N) is 2. The van der Waals surface area contributed by atoms with Crippen LogP contribution in [0, 0.1) is 0 Å². The molecular weight excluding hydrogens is 376 g/mol. The number of H-pyrrole nitrogens is 1. The average molecular weight is 404 g/mol. The highest BCUT2D eigenvalue weighted by atomic mass is 16.5. The number of nitrogens with zero attached hydrogens (tertiary/aromatic N) is 2. The van der Waals surface area contributed by atoms with Crippen LogP contribution in [0.25, 0.3) is 10.9 Å². The van der Waals surface area contributed by atoms with Crippen LogP contribution in [0.2, 0.25) is 0 Å². The van der Waals surface area contributed by atoms with Crippen molar-refractivity contribution in [1.29, 1.82) is 0 Å². The Morgan fingerprint density at radius 2 is 1.93 bits per heavy atom. The van der Waals surface area contributed by atoms with Gasteiger partial charge in [0.2, 0.25) is 5.91 Å². The summed E-state index contributed by atoms with van der Waals surface area (Å²) in [6, 6.07) is 5.36. The molecule has 1 amide bonds. The van der Waals surface area contributed by atoms with E-state index in [2.05, 4.69) is 20.1 Å². The lowest BCUT2D eigenvalue weighted by Gasteiger charge is -2.33. The van der Waals surface area contributed by atoms with Crippen LogP contribution in [-0.4, -0.2) is 91.4 Å². The lowest BCUT2D eigenvalue weighted by molar-refractivity contribution is -0.117. The molecule has 0 saturated carbocycles. The number of piperazine rings is 1. The highest BCUT2D eigenvalue weighted by Gasteiger charge is 2.23. The van der Waals surface area contributed by atoms with Gasteiger partial charge in [-0.05, 0) is 25.1 Å². The molecule has 0 atom stereocenters. The molecule has 1 aromatic heterocycles. The molecule has 1 fully saturated rings. The van der Waals surface area contributed by atoms with Gasteiger partial charge < -0.3 is 24.9 Å². The van der Waals surface area contributed by atoms with Gasteiger partial charge in [0.15, 0.2) is 0 Å². The molecule has 2 heterocycles. The molecule has 1 saturated heterocycles. The molecule has 0 aliphatic carbocycles. The Balaban J connectivity index is 1.76. The van der Waals surface area contributed by atoms with Crippen LogP contribution in [0.5, 0.6) is 5.75 Å². The first-order chi connectivity index (χ1) is 14.0. The Kier molecular flexibility index (Phi) is 7.08. The van der Waals surface area contributed by atoms with Crippen LogP contribution < -0.4 is 10.1 Å². The number of aromatic nitrogens is 1. The van der Waals surface area contributed by atoms with Gasteiger partial charge >= 0.3 is 5.97 Å². The van der Waals surface area contributed by atoms with E-state index in [0.717, 1.165) is 26.2 Å². The Morgan fingerprint density at radius 3 is 2.59 bits per heavy atom. The smallest absolute Gasteiger partial charge is 0.356 e. The minimum Gasteiger partial charge on any atom is -0.497 e. The molecule has 29 heavy (non-hydrogen) atoms. The molecule has 0 unspecified atom stereocenters. The predicted molar refractivity (Wildman–Crippen MR) is 109 cm³/mol. The van der Waals surface area contributed by atoms with E-state index in [9.17, 15) is 9.59 Å². The lowest BCUT2D eigenvalue weighted by atomic mass is 10.2. The van der Waals surface area contributed by atoms with Crippen molar-refractivity contribution in [3.63, 3.8) is 0 Å². The normalized spacial score (nSPS) is 15.4. The van der Waals surface area contributed by atoms with Gasteiger partial charge in [-0.2, -0.15) is 0 Å². The molecule has 0 spiro atoms. The fraction of sp³-hybridized carbons (Fsp3) is 0.500. The molecule has 1 aliphatic heterocycles. The zero-order valence-electron chi connectivity index (χ0n) is 16.9. The number of aliphatic hydroxyl groups excluding tert-OH is 1. The summed E-state index contributed by atoms with van der Waals surface area (Å²) in [5, 5.41) is 12.6. The van der Waals surface area contributed by atoms with E-state index in [1.165, 1.54) is 0 Å². The first-order valence-corrected chi connectivity index (χ1v) is 9.78. The molecule has 1 aliphatic rings. The van der Waals surface area contributed by atoms with Crippen molar-refractivity contribution in [2.24, 2.45) is 0 Å². The van der Waals surface area contributed by atoms with Gasteiger partial charge in [0.25, 0.3) is 0 Å². The van der Waals surface area contributed by atoms with Crippen molar-refractivity contribution in [2.45, 2.75) is 6.92 Å². The van der Waals surface area contributed by atoms with Gasteiger partial charge in [-0.25, -0.2) is 4.79 Å². The molecule has 0 bridgehead atoms. The summed E-state index contributed by atoms with van der Waals surface area (Å²) in [4.78, 5) is 32.4. The summed E-state index contributed by atoms with van der Waals surface area (Å²) in [6.07, 6.45) is 0. The van der Waals surface area contributed by atoms with Crippen molar-refractivity contribution in [3.05, 3.63) is 23.9 Å². The number of β-amino-alcohol motifs (C(OH)–C–C–N with tert-alkyl or cyclic N) is 1. The first kappa shape index (κ1) is 21.1. The number of aromatic amines is 1. The predicted octanol–water partition coefficient (Wildman–Crippen LogP) is 0.902. The van der Waals surface area contributed by atoms with Crippen molar-refractivity contribution < 1.29 is 24.2 Å². The summed E-state index contributed by atoms with van der Waals surface area (Å²) < 4.78 is 10.4. The fourth-order valence-corrected chi connectivity index (χ4v) is 3.48. The fourth-order valence-electron chi connectivity index (χ4n) is 3.48. The SMILES string of the molecule is CCOC(=O)c1[nH]c2ccc(OC)cc2c1NC(=O)CN1CCN(CCO)CC1. The zero-order chi connectivity index (χ0) is 20.8. The maximum atomic E-state index is 12.7. The quantitative estimate of drug-likeness (QED) is 0.561. The number of rotatable bonds is 8. The van der Waals surface area contributed by atoms with Crippen molar-refractivity contribution in [2.75, 3.05) is 64.9 Å². The van der Waals surface area contributed by atoms with Crippen LogP contribution in [0.3, 0.4) is 0 Å². The molecule has 1 aromatic carbocycles. The minimum atomic E-state index is -0.518. The molecule has 9 heteroatoms. The van der Waals surface area contributed by atoms with Gasteiger partial charge in [0.1, 0.15) is 11.4 Å². The molecular formula is C20H28N4O5. The van der Waals surface area contributed by atoms with Crippen LogP contribution in [0.15, 0.2) is 18.2 Å². The summed E-state index contributed by atoms with van der Waals surface area (Å²) in [6.45, 7) is 6.12. The summed E-state index contributed by atoms with van der Waals surface area (Å²) >= 11 is 0. The number of carbonyl (C=O) groups is 2. The number of benzene rings is 1. The molecule has 3 N–H and O–H groups in total. The Morgan fingerprint density at radius 1 is 1.21 bits per heavy atom. The monoisotopic (exact) mass is 404 g/mol. The van der Waals surface area contributed by atoms with E-state index < -0.39 is 5.97 Å². The van der Waals surface area contributed by atoms with E-state index in [0.29, 0.717) is 28.9 Å². The van der Waals surface area contributed by atoms with E-state index >= 15 is 0 Å². The Hall–Kier alpha value is -2.62. The highest BCUT2D eigenvalue weighted by Crippen LogP contribution is 2.31. The van der Waals surface area contributed by atoms with E-state index in [1.54, 1.807) is 32.2 Å². The Labute approximate surface area is 169 Å². The number of anilines is 1. The van der Waals surface area contributed by atoms with E-state index in [4.69, 9.17) is 14.6 Å². The average Bonchev–Trinajstić information content (AvgIpc) is 3.07. The standard InChI is InChI=1S/C20H28N4O5/c1-3-29-20(27)19-18(15-12-14(28-2)4-5-16(15)21-19)22-17(26)13-24-8-6-23(7-9-24)10-11-25/h4-5,12,21,25H,3,6-11,13H2,1-2H3,(H,22,26). The van der Waals surface area contributed by atoms with Gasteiger partial charge in [-0.15, -0.1) is 0 Å². The van der Waals surface area contributed by atoms with Crippen LogP contribution >= 0.6 is 0 Å². The summed E-state index contributed by atoms with van der Waals surface area (Å²) in [5.41, 5.74) is 1.33. The minimum absolute atomic E-state index is 0.140. The Bertz CT molecular complexity index is 858. The number of esters is 1. The molecule has 0 radical (unpaired) electrons. The maximum Gasteiger partial charge on any atom is 0.356 e. The molecule has 3 rings (SSSR count). The highest BCUT2D eigenvalue weighted by molar-refractivity contribution is 6.11. The van der Waals surface area contributed by atoms with Crippen molar-refractivity contribution >= 4 is 28.5 Å². The molecule has 158 valence electrons. The number of hydrogen-bond donors (Lipinski definition) is 3. The number of carbonyl (C=O) groups excluding carboxylic acids is 2. The second-order valence-electron chi connectivity index (χ2n) is 6.90. The second kappa shape index (κ2) is 9.73. The number of methoxy groups -OCH3 is 1. The number of fused-ring (bicyclic) bond motifs is 1. The zero-order valence-corrected chi connectivity index (χ0v) is 16.9. The maximum absolute atomic E-state index is 12.7. The third kappa shape index (κ3) is 5.06. The summed E-state index contributed by atoms with van der Waals surface area (Å²) in [7, 11) is 1.56. The first-order valence-electron chi connectivity index (χ1n) is 9.78. The van der Waals surface area contributed by atoms with Gasteiger partial charge in [0, 0.05) is 43.6 Å². The number of amides is 1. The molecule has 2 aromatic rings. The number of hydrogen-bond acceptors (Lipinski definition) is 7. The third-order valence-corrected chi connectivity index (χ3v) is 5.00. The number of ether oxygens (including phenoxy) is 2. The van der Waals surface area contributed by atoms with Crippen LogP contribution in [-0.2, 0) is 9.53 Å². The number of aliphatic hydroxyl groups is 1. The van der Waals surface area contributed by atoms with Gasteiger partial charge in [-0.1, -0.05) is 0 Å². The largest absolute Gasteiger partial charge is 0.497 e. The van der Waals surface area contributed by atoms with Crippen LogP contribution in [0.1, 0.15) is 17.4 Å². The second-order valence-corrected chi connectivity index (χ2v) is 6.90. The van der Waals surface area contributed by atoms with Crippen LogP contribution in [0.4, 0.5) is 5.69 Å². The topological polar surface area (TPSA) is 107 Å². The van der Waals surface area contributed by atoms with Crippen molar-refractivity contribution in [1.82, 2.24) is 14.8 Å². The van der Waals surface area contributed by atoms with Gasteiger partial charge in [0.05, 0.1) is 32.6 Å². The molecule has 9 nitrogen and oxygen atoms in total. The third-order valence-electron chi connectivity index (χ3n) is 5.00.